The minimum Gasteiger partial charge on any atom is -0.345 e. The molecule has 4 aromatic rings. The van der Waals surface area contributed by atoms with Gasteiger partial charge in [-0.2, -0.15) is 5.10 Å². The zero-order chi connectivity index (χ0) is 21.3. The average molecular weight is 472 g/mol. The molecule has 1 amide bonds. The number of carbonyl (C=O) groups excluding carboxylic acids is 1. The summed E-state index contributed by atoms with van der Waals surface area (Å²) in [5.74, 6) is 0.974. The van der Waals surface area contributed by atoms with Crippen LogP contribution in [-0.4, -0.2) is 80.1 Å². The second-order valence-electron chi connectivity index (χ2n) is 7.29. The van der Waals surface area contributed by atoms with Gasteiger partial charge in [-0.25, -0.2) is 15.0 Å². The molecule has 4 heterocycles. The van der Waals surface area contributed by atoms with E-state index in [1.165, 1.54) is 0 Å². The summed E-state index contributed by atoms with van der Waals surface area (Å²) in [7, 11) is 5.78. The molecule has 4 rings (SSSR count). The molecular weight excluding hydrogens is 450 g/mol. The first kappa shape index (κ1) is 20.2. The van der Waals surface area contributed by atoms with E-state index in [1.807, 2.05) is 20.2 Å². The van der Waals surface area contributed by atoms with Gasteiger partial charge in [-0.15, -0.1) is 0 Å². The van der Waals surface area contributed by atoms with E-state index in [9.17, 15) is 4.79 Å². The minimum absolute atomic E-state index is 0.121. The Morgan fingerprint density at radius 3 is 2.83 bits per heavy atom. The Balaban J connectivity index is 1.64. The number of hydrogen-bond donors (Lipinski definition) is 3. The van der Waals surface area contributed by atoms with Crippen LogP contribution in [0.2, 0.25) is 0 Å². The van der Waals surface area contributed by atoms with E-state index in [4.69, 9.17) is 0 Å². The maximum absolute atomic E-state index is 12.9. The summed E-state index contributed by atoms with van der Waals surface area (Å²) in [4.78, 5) is 33.1. The third-order valence-electron chi connectivity index (χ3n) is 4.69. The average Bonchev–Trinajstić information content (AvgIpc) is 3.33. The van der Waals surface area contributed by atoms with E-state index >= 15 is 0 Å². The van der Waals surface area contributed by atoms with Crippen LogP contribution in [0.4, 0.5) is 11.6 Å². The smallest absolute Gasteiger partial charge is 0.291 e. The van der Waals surface area contributed by atoms with E-state index in [0.29, 0.717) is 23.8 Å². The van der Waals surface area contributed by atoms with Crippen molar-refractivity contribution in [2.45, 2.75) is 6.42 Å². The van der Waals surface area contributed by atoms with Crippen LogP contribution in [0, 0.1) is 0 Å². The van der Waals surface area contributed by atoms with Gasteiger partial charge in [-0.3, -0.25) is 9.89 Å². The monoisotopic (exact) mass is 471 g/mol. The number of carbonyl (C=O) groups is 1. The lowest BCUT2D eigenvalue weighted by molar-refractivity contribution is 0.0779. The molecule has 0 atom stereocenters. The van der Waals surface area contributed by atoms with Gasteiger partial charge < -0.3 is 20.1 Å². The third kappa shape index (κ3) is 4.12. The van der Waals surface area contributed by atoms with Crippen molar-refractivity contribution in [3.8, 4) is 0 Å². The van der Waals surface area contributed by atoms with Crippen molar-refractivity contribution >= 4 is 55.4 Å². The van der Waals surface area contributed by atoms with Crippen LogP contribution in [0.1, 0.15) is 17.0 Å². The molecule has 4 aromatic heterocycles. The zero-order valence-electron chi connectivity index (χ0n) is 16.9. The molecule has 0 aliphatic rings. The maximum atomic E-state index is 12.9. The summed E-state index contributed by atoms with van der Waals surface area (Å²) >= 11 is 3.52. The highest BCUT2D eigenvalue weighted by Gasteiger charge is 2.20. The quantitative estimate of drug-likeness (QED) is 0.379. The number of nitrogens with zero attached hydrogens (tertiary/aromatic N) is 6. The molecule has 0 spiro atoms. The lowest BCUT2D eigenvalue weighted by Crippen LogP contribution is -2.31. The Kier molecular flexibility index (Phi) is 5.64. The molecule has 0 aromatic carbocycles. The molecule has 0 aliphatic heterocycles. The number of pyridine rings is 1. The van der Waals surface area contributed by atoms with Crippen molar-refractivity contribution in [2.24, 2.45) is 0 Å². The number of hydrogen-bond acceptors (Lipinski definition) is 7. The highest BCUT2D eigenvalue weighted by atomic mass is 79.9. The SMILES string of the molecule is CN(C)CCCN(C)C(=O)c1nc(Nc2cc3cn[nH]c3cn2)c2c(Br)c[nH]c2n1. The van der Waals surface area contributed by atoms with Gasteiger partial charge in [0.1, 0.15) is 17.3 Å². The molecule has 0 aliphatic carbocycles. The summed E-state index contributed by atoms with van der Waals surface area (Å²) in [6.07, 6.45) is 6.05. The Morgan fingerprint density at radius 2 is 2.03 bits per heavy atom. The number of halogens is 1. The van der Waals surface area contributed by atoms with Crippen LogP contribution in [0.5, 0.6) is 0 Å². The Hall–Kier alpha value is -3.05. The molecule has 30 heavy (non-hydrogen) atoms. The fraction of sp³-hybridized carbons (Fsp3) is 0.316. The van der Waals surface area contributed by atoms with Crippen molar-refractivity contribution < 1.29 is 4.79 Å². The minimum atomic E-state index is -0.234. The summed E-state index contributed by atoms with van der Waals surface area (Å²) in [5, 5.41) is 11.8. The number of fused-ring (bicyclic) bond motifs is 2. The predicted octanol–water partition coefficient (Wildman–Crippen LogP) is 2.76. The van der Waals surface area contributed by atoms with Gasteiger partial charge in [0.25, 0.3) is 5.91 Å². The molecular formula is C19H22BrN9O. The van der Waals surface area contributed by atoms with Crippen LogP contribution >= 0.6 is 15.9 Å². The molecule has 3 N–H and O–H groups in total. The van der Waals surface area contributed by atoms with Gasteiger partial charge >= 0.3 is 0 Å². The number of H-pyrrole nitrogens is 2. The molecule has 11 heteroatoms. The van der Waals surface area contributed by atoms with Crippen LogP contribution in [-0.2, 0) is 0 Å². The van der Waals surface area contributed by atoms with Crippen molar-refractivity contribution in [3.63, 3.8) is 0 Å². The predicted molar refractivity (Wildman–Crippen MR) is 119 cm³/mol. The van der Waals surface area contributed by atoms with Crippen LogP contribution < -0.4 is 5.32 Å². The van der Waals surface area contributed by atoms with Crippen molar-refractivity contribution in [1.29, 1.82) is 0 Å². The van der Waals surface area contributed by atoms with Crippen molar-refractivity contribution in [1.82, 2.24) is 39.9 Å². The topological polar surface area (TPSA) is 119 Å². The van der Waals surface area contributed by atoms with Gasteiger partial charge in [-0.05, 0) is 49.1 Å². The summed E-state index contributed by atoms with van der Waals surface area (Å²) < 4.78 is 0.794. The zero-order valence-corrected chi connectivity index (χ0v) is 18.5. The molecule has 0 radical (unpaired) electrons. The fourth-order valence-electron chi connectivity index (χ4n) is 3.11. The number of aromatic amines is 2. The number of rotatable bonds is 7. The van der Waals surface area contributed by atoms with Crippen LogP contribution in [0.25, 0.3) is 21.9 Å². The molecule has 0 saturated heterocycles. The Bertz CT molecular complexity index is 1200. The van der Waals surface area contributed by atoms with Gasteiger partial charge in [0.15, 0.2) is 0 Å². The van der Waals surface area contributed by atoms with Gasteiger partial charge in [0.2, 0.25) is 5.82 Å². The van der Waals surface area contributed by atoms with E-state index in [-0.39, 0.29) is 11.7 Å². The molecule has 10 nitrogen and oxygen atoms in total. The van der Waals surface area contributed by atoms with Crippen LogP contribution in [0.3, 0.4) is 0 Å². The Morgan fingerprint density at radius 1 is 1.20 bits per heavy atom. The summed E-state index contributed by atoms with van der Waals surface area (Å²) in [6.45, 7) is 1.52. The van der Waals surface area contributed by atoms with Gasteiger partial charge in [0.05, 0.1) is 23.3 Å². The maximum Gasteiger partial charge on any atom is 0.291 e. The molecule has 0 saturated carbocycles. The largest absolute Gasteiger partial charge is 0.345 e. The first-order chi connectivity index (χ1) is 14.4. The van der Waals surface area contributed by atoms with E-state index in [2.05, 4.69) is 56.3 Å². The molecule has 0 bridgehead atoms. The van der Waals surface area contributed by atoms with Gasteiger partial charge in [0, 0.05) is 29.6 Å². The number of nitrogens with one attached hydrogen (secondary N) is 3. The van der Waals surface area contributed by atoms with E-state index in [1.54, 1.807) is 30.5 Å². The first-order valence-electron chi connectivity index (χ1n) is 9.43. The third-order valence-corrected chi connectivity index (χ3v) is 5.32. The van der Waals surface area contributed by atoms with Crippen LogP contribution in [0.15, 0.2) is 29.1 Å². The van der Waals surface area contributed by atoms with Gasteiger partial charge in [-0.1, -0.05) is 0 Å². The van der Waals surface area contributed by atoms with E-state index in [0.717, 1.165) is 33.7 Å². The first-order valence-corrected chi connectivity index (χ1v) is 10.2. The number of amides is 1. The normalized spacial score (nSPS) is 11.5. The van der Waals surface area contributed by atoms with Crippen molar-refractivity contribution in [2.75, 3.05) is 39.5 Å². The Labute approximate surface area is 181 Å². The molecule has 156 valence electrons. The van der Waals surface area contributed by atoms with Crippen molar-refractivity contribution in [3.05, 3.63) is 35.0 Å². The number of anilines is 2. The second-order valence-corrected chi connectivity index (χ2v) is 8.15. The molecule has 0 fully saturated rings. The summed E-state index contributed by atoms with van der Waals surface area (Å²) in [6, 6.07) is 1.86. The lowest BCUT2D eigenvalue weighted by atomic mass is 10.3. The van der Waals surface area contributed by atoms with E-state index < -0.39 is 0 Å². The standard InChI is InChI=1S/C19H22BrN9O/c1-28(2)5-4-6-29(3)19(30)18-25-16-15(12(20)9-22-16)17(26-18)24-14-7-11-8-23-27-13(11)10-21-14/h7-10H,4-6H2,1-3H3,(H,23,27)(H2,21,22,24,25,26). The fourth-order valence-corrected chi connectivity index (χ4v) is 3.60. The highest BCUT2D eigenvalue weighted by Crippen LogP contribution is 2.30. The molecule has 0 unspecified atom stereocenters. The highest BCUT2D eigenvalue weighted by molar-refractivity contribution is 9.10. The second kappa shape index (κ2) is 8.36. The summed E-state index contributed by atoms with van der Waals surface area (Å²) in [5.41, 5.74) is 1.40. The number of aromatic nitrogens is 6. The lowest BCUT2D eigenvalue weighted by Gasteiger charge is -2.18.